The Kier molecular flexibility index (Phi) is 4.65. The number of hydrogen-bond donors (Lipinski definition) is 0. The van der Waals surface area contributed by atoms with Gasteiger partial charge in [0.25, 0.3) is 5.92 Å². The Morgan fingerprint density at radius 2 is 2.41 bits per heavy atom. The van der Waals surface area contributed by atoms with Crippen LogP contribution in [0.25, 0.3) is 10.4 Å². The third-order valence-electron chi connectivity index (χ3n) is 2.48. The van der Waals surface area contributed by atoms with Gasteiger partial charge in [0.15, 0.2) is 0 Å². The van der Waals surface area contributed by atoms with Gasteiger partial charge in [0.2, 0.25) is 5.91 Å². The molecular weight excluding hydrogens is 234 g/mol. The van der Waals surface area contributed by atoms with E-state index >= 15 is 0 Å². The third kappa shape index (κ3) is 3.83. The zero-order valence-electron chi connectivity index (χ0n) is 9.47. The van der Waals surface area contributed by atoms with E-state index in [1.165, 1.54) is 0 Å². The molecule has 0 aromatic carbocycles. The summed E-state index contributed by atoms with van der Waals surface area (Å²) in [6.45, 7) is 1.16. The van der Waals surface area contributed by atoms with Gasteiger partial charge in [0.1, 0.15) is 6.54 Å². The first-order valence-electron chi connectivity index (χ1n) is 5.26. The summed E-state index contributed by atoms with van der Waals surface area (Å²) in [5, 5.41) is 3.08. The topological polar surface area (TPSA) is 78.3 Å². The first kappa shape index (κ1) is 13.7. The molecular formula is C9H14F2N4O2. The number of nitrogens with zero attached hydrogens (tertiary/aromatic N) is 4. The molecule has 0 unspecified atom stereocenters. The second-order valence-electron chi connectivity index (χ2n) is 3.78. The lowest BCUT2D eigenvalue weighted by molar-refractivity contribution is -0.132. The van der Waals surface area contributed by atoms with E-state index in [1.807, 2.05) is 0 Å². The van der Waals surface area contributed by atoms with E-state index in [4.69, 9.17) is 10.3 Å². The van der Waals surface area contributed by atoms with Crippen molar-refractivity contribution >= 4 is 5.91 Å². The number of carbonyl (C=O) groups is 1. The van der Waals surface area contributed by atoms with Crippen LogP contribution in [-0.4, -0.2) is 49.1 Å². The maximum absolute atomic E-state index is 13.2. The van der Waals surface area contributed by atoms with Gasteiger partial charge in [0.05, 0.1) is 19.2 Å². The molecule has 1 atom stereocenters. The number of halogens is 2. The molecule has 8 heteroatoms. The molecule has 0 bridgehead atoms. The molecule has 0 spiro atoms. The number of hydrogen-bond acceptors (Lipinski definition) is 3. The number of azide groups is 1. The molecule has 1 aliphatic heterocycles. The SMILES string of the molecule is CCOC[C@H]1CC(F)(F)CN1C(=O)CN=[N+]=[N-]. The highest BCUT2D eigenvalue weighted by Gasteiger charge is 2.46. The van der Waals surface area contributed by atoms with E-state index in [0.717, 1.165) is 4.90 Å². The third-order valence-corrected chi connectivity index (χ3v) is 2.48. The summed E-state index contributed by atoms with van der Waals surface area (Å²) < 4.78 is 31.5. The van der Waals surface area contributed by atoms with Crippen LogP contribution in [0.15, 0.2) is 5.11 Å². The maximum Gasteiger partial charge on any atom is 0.267 e. The number of likely N-dealkylation sites (tertiary alicyclic amines) is 1. The van der Waals surface area contributed by atoms with Crippen LogP contribution < -0.4 is 0 Å². The first-order chi connectivity index (χ1) is 8.00. The van der Waals surface area contributed by atoms with E-state index in [1.54, 1.807) is 6.92 Å². The van der Waals surface area contributed by atoms with E-state index in [-0.39, 0.29) is 6.61 Å². The zero-order valence-corrected chi connectivity index (χ0v) is 9.47. The number of carbonyl (C=O) groups excluding carboxylic acids is 1. The average Bonchev–Trinajstić information content (AvgIpc) is 2.58. The Bertz CT molecular complexity index is 331. The summed E-state index contributed by atoms with van der Waals surface area (Å²) in [5.41, 5.74) is 8.08. The van der Waals surface area contributed by atoms with E-state index in [2.05, 4.69) is 10.0 Å². The van der Waals surface area contributed by atoms with Gasteiger partial charge >= 0.3 is 0 Å². The molecule has 1 aliphatic rings. The van der Waals surface area contributed by atoms with E-state index in [9.17, 15) is 13.6 Å². The minimum Gasteiger partial charge on any atom is -0.380 e. The maximum atomic E-state index is 13.2. The van der Waals surface area contributed by atoms with Crippen LogP contribution in [0.2, 0.25) is 0 Å². The molecule has 0 aromatic rings. The molecule has 0 aromatic heterocycles. The highest BCUT2D eigenvalue weighted by molar-refractivity contribution is 5.79. The molecule has 1 fully saturated rings. The van der Waals surface area contributed by atoms with Crippen LogP contribution in [-0.2, 0) is 9.53 Å². The molecule has 17 heavy (non-hydrogen) atoms. The van der Waals surface area contributed by atoms with Crippen LogP contribution in [0.4, 0.5) is 8.78 Å². The summed E-state index contributed by atoms with van der Waals surface area (Å²) in [6, 6.07) is -0.647. The van der Waals surface area contributed by atoms with Crippen molar-refractivity contribution in [3.05, 3.63) is 10.4 Å². The smallest absolute Gasteiger partial charge is 0.267 e. The van der Waals surface area contributed by atoms with Crippen LogP contribution in [0, 0.1) is 0 Å². The average molecular weight is 248 g/mol. The lowest BCUT2D eigenvalue weighted by atomic mass is 10.2. The van der Waals surface area contributed by atoms with Crippen molar-refractivity contribution in [2.24, 2.45) is 5.11 Å². The summed E-state index contributed by atoms with van der Waals surface area (Å²) >= 11 is 0. The van der Waals surface area contributed by atoms with Crippen molar-refractivity contribution in [2.45, 2.75) is 25.3 Å². The van der Waals surface area contributed by atoms with Gasteiger partial charge in [-0.05, 0) is 12.5 Å². The van der Waals surface area contributed by atoms with Crippen molar-refractivity contribution in [3.8, 4) is 0 Å². The van der Waals surface area contributed by atoms with Crippen LogP contribution in [0.3, 0.4) is 0 Å². The van der Waals surface area contributed by atoms with Crippen molar-refractivity contribution < 1.29 is 18.3 Å². The molecule has 0 aliphatic carbocycles. The number of ether oxygens (including phenoxy) is 1. The van der Waals surface area contributed by atoms with E-state index in [0.29, 0.717) is 6.61 Å². The lowest BCUT2D eigenvalue weighted by Crippen LogP contribution is -2.40. The Morgan fingerprint density at radius 1 is 1.71 bits per heavy atom. The number of rotatable bonds is 5. The summed E-state index contributed by atoms with van der Waals surface area (Å²) in [7, 11) is 0. The molecule has 1 heterocycles. The zero-order chi connectivity index (χ0) is 12.9. The van der Waals surface area contributed by atoms with Gasteiger partial charge < -0.3 is 9.64 Å². The quantitative estimate of drug-likeness (QED) is 0.420. The summed E-state index contributed by atoms with van der Waals surface area (Å²) in [5.74, 6) is -3.49. The van der Waals surface area contributed by atoms with Crippen molar-refractivity contribution in [2.75, 3.05) is 26.3 Å². The van der Waals surface area contributed by atoms with Gasteiger partial charge in [-0.15, -0.1) is 0 Å². The standard InChI is InChI=1S/C9H14F2N4O2/c1-2-17-5-7-3-9(10,11)6-15(7)8(16)4-13-14-12/h7H,2-6H2,1H3/t7-/m1/s1. The molecule has 1 rings (SSSR count). The van der Waals surface area contributed by atoms with Crippen LogP contribution in [0.1, 0.15) is 13.3 Å². The predicted molar refractivity (Wildman–Crippen MR) is 55.6 cm³/mol. The van der Waals surface area contributed by atoms with Gasteiger partial charge in [-0.25, -0.2) is 8.78 Å². The molecule has 0 saturated carbocycles. The molecule has 96 valence electrons. The fourth-order valence-electron chi connectivity index (χ4n) is 1.78. The van der Waals surface area contributed by atoms with Crippen molar-refractivity contribution in [3.63, 3.8) is 0 Å². The second kappa shape index (κ2) is 5.79. The van der Waals surface area contributed by atoms with Gasteiger partial charge in [-0.3, -0.25) is 4.79 Å². The monoisotopic (exact) mass is 248 g/mol. The minimum atomic E-state index is -2.90. The predicted octanol–water partition coefficient (Wildman–Crippen LogP) is 1.57. The lowest BCUT2D eigenvalue weighted by Gasteiger charge is -2.22. The minimum absolute atomic E-state index is 0.0775. The second-order valence-corrected chi connectivity index (χ2v) is 3.78. The van der Waals surface area contributed by atoms with Gasteiger partial charge in [0, 0.05) is 17.9 Å². The molecule has 0 N–H and O–H groups in total. The fraction of sp³-hybridized carbons (Fsp3) is 0.889. The van der Waals surface area contributed by atoms with E-state index < -0.39 is 37.4 Å². The van der Waals surface area contributed by atoms with Crippen molar-refractivity contribution in [1.82, 2.24) is 4.90 Å². The van der Waals surface area contributed by atoms with Gasteiger partial charge in [-0.1, -0.05) is 5.11 Å². The molecule has 6 nitrogen and oxygen atoms in total. The van der Waals surface area contributed by atoms with Crippen molar-refractivity contribution in [1.29, 1.82) is 0 Å². The summed E-state index contributed by atoms with van der Waals surface area (Å²) in [6.07, 6.45) is -0.408. The number of alkyl halides is 2. The Balaban J connectivity index is 2.65. The van der Waals surface area contributed by atoms with Gasteiger partial charge in [-0.2, -0.15) is 0 Å². The highest BCUT2D eigenvalue weighted by atomic mass is 19.3. The highest BCUT2D eigenvalue weighted by Crippen LogP contribution is 2.32. The Hall–Kier alpha value is -1.40. The van der Waals surface area contributed by atoms with Crippen LogP contribution >= 0.6 is 0 Å². The normalized spacial score (nSPS) is 22.3. The fourth-order valence-corrected chi connectivity index (χ4v) is 1.78. The first-order valence-corrected chi connectivity index (χ1v) is 5.26. The molecule has 0 radical (unpaired) electrons. The summed E-state index contributed by atoms with van der Waals surface area (Å²) in [4.78, 5) is 15.0. The number of amides is 1. The molecule has 1 saturated heterocycles. The van der Waals surface area contributed by atoms with Crippen LogP contribution in [0.5, 0.6) is 0 Å². The largest absolute Gasteiger partial charge is 0.380 e. The molecule has 1 amide bonds. The Morgan fingerprint density at radius 3 is 3.00 bits per heavy atom. The Labute approximate surface area is 97.2 Å².